The Labute approximate surface area is 153 Å². The predicted molar refractivity (Wildman–Crippen MR) is 96.5 cm³/mol. The van der Waals surface area contributed by atoms with Crippen molar-refractivity contribution in [2.75, 3.05) is 32.8 Å². The van der Waals surface area contributed by atoms with Gasteiger partial charge in [-0.3, -0.25) is 4.90 Å². The van der Waals surface area contributed by atoms with Gasteiger partial charge < -0.3 is 19.6 Å². The maximum absolute atomic E-state index is 10.7. The van der Waals surface area contributed by atoms with Crippen molar-refractivity contribution in [2.24, 2.45) is 5.92 Å². The first-order valence-corrected chi connectivity index (χ1v) is 9.44. The summed E-state index contributed by atoms with van der Waals surface area (Å²) in [6.45, 7) is 4.56. The van der Waals surface area contributed by atoms with Gasteiger partial charge >= 0.3 is 5.82 Å². The summed E-state index contributed by atoms with van der Waals surface area (Å²) < 4.78 is 11.6. The largest absolute Gasteiger partial charge is 0.363 e. The van der Waals surface area contributed by atoms with E-state index in [4.69, 9.17) is 9.47 Å². The highest BCUT2D eigenvalue weighted by Gasteiger charge is 2.40. The summed E-state index contributed by atoms with van der Waals surface area (Å²) in [5.74, 6) is 0.343. The number of pyridine rings is 1. The third kappa shape index (κ3) is 3.79. The maximum atomic E-state index is 10.7. The Balaban J connectivity index is 1.28. The second-order valence-electron chi connectivity index (χ2n) is 7.45. The first kappa shape index (κ1) is 17.6. The smallest absolute Gasteiger partial charge is 0.358 e. The number of hydrogen-bond donors (Lipinski definition) is 0. The molecule has 0 aromatic carbocycles. The predicted octanol–water partition coefficient (Wildman–Crippen LogP) is 3.01. The Bertz CT molecular complexity index is 673. The van der Waals surface area contributed by atoms with Crippen molar-refractivity contribution in [2.45, 2.75) is 37.9 Å². The number of nitrogens with zero attached hydrogens (tertiary/aromatic N) is 3. The quantitative estimate of drug-likeness (QED) is 0.607. The summed E-state index contributed by atoms with van der Waals surface area (Å²) >= 11 is 0. The van der Waals surface area contributed by atoms with E-state index in [1.165, 1.54) is 24.5 Å². The molecule has 0 radical (unpaired) electrons. The summed E-state index contributed by atoms with van der Waals surface area (Å²) in [4.78, 5) is 16.7. The van der Waals surface area contributed by atoms with Crippen molar-refractivity contribution in [3.8, 4) is 0 Å². The van der Waals surface area contributed by atoms with Crippen LogP contribution in [-0.4, -0.2) is 53.4 Å². The molecule has 4 rings (SSSR count). The summed E-state index contributed by atoms with van der Waals surface area (Å²) in [6.07, 6.45) is 9.17. The number of hydrogen-bond acceptors (Lipinski definition) is 6. The fourth-order valence-electron chi connectivity index (χ4n) is 4.27. The molecule has 1 aromatic rings. The Morgan fingerprint density at radius 3 is 2.62 bits per heavy atom. The van der Waals surface area contributed by atoms with Crippen LogP contribution in [0.4, 0.5) is 5.82 Å². The van der Waals surface area contributed by atoms with Gasteiger partial charge in [0.1, 0.15) is 6.20 Å². The van der Waals surface area contributed by atoms with Crippen LogP contribution in [0, 0.1) is 16.0 Å². The van der Waals surface area contributed by atoms with Gasteiger partial charge in [-0.15, -0.1) is 0 Å². The van der Waals surface area contributed by atoms with Crippen molar-refractivity contribution in [1.82, 2.24) is 9.88 Å². The zero-order valence-electron chi connectivity index (χ0n) is 14.9. The van der Waals surface area contributed by atoms with Crippen LogP contribution in [0.5, 0.6) is 0 Å². The van der Waals surface area contributed by atoms with E-state index in [0.29, 0.717) is 5.92 Å². The number of ether oxygens (including phenoxy) is 2. The van der Waals surface area contributed by atoms with E-state index in [1.807, 2.05) is 0 Å². The van der Waals surface area contributed by atoms with Crippen LogP contribution in [-0.2, 0) is 9.47 Å². The first-order chi connectivity index (χ1) is 12.6. The molecule has 0 bridgehead atoms. The Morgan fingerprint density at radius 2 is 2.04 bits per heavy atom. The summed E-state index contributed by atoms with van der Waals surface area (Å²) in [5.41, 5.74) is 2.23. The normalized spacial score (nSPS) is 23.9. The zero-order chi connectivity index (χ0) is 18.0. The minimum Gasteiger partial charge on any atom is -0.358 e. The van der Waals surface area contributed by atoms with Gasteiger partial charge in [0.2, 0.25) is 0 Å². The van der Waals surface area contributed by atoms with Crippen LogP contribution < -0.4 is 0 Å². The van der Waals surface area contributed by atoms with E-state index in [9.17, 15) is 10.1 Å². The number of rotatable bonds is 4. The van der Waals surface area contributed by atoms with E-state index in [2.05, 4.69) is 16.0 Å². The van der Waals surface area contributed by atoms with Gasteiger partial charge in [-0.25, -0.2) is 0 Å². The zero-order valence-corrected chi connectivity index (χ0v) is 14.9. The highest BCUT2D eigenvalue weighted by molar-refractivity contribution is 5.66. The summed E-state index contributed by atoms with van der Waals surface area (Å²) in [5, 5.41) is 10.7. The summed E-state index contributed by atoms with van der Waals surface area (Å²) in [6, 6.07) is 3.28. The van der Waals surface area contributed by atoms with Gasteiger partial charge in [-0.05, 0) is 46.7 Å². The molecule has 7 heteroatoms. The highest BCUT2D eigenvalue weighted by atomic mass is 16.7. The molecule has 7 nitrogen and oxygen atoms in total. The molecular weight excluding hydrogens is 334 g/mol. The van der Waals surface area contributed by atoms with Crippen LogP contribution >= 0.6 is 0 Å². The monoisotopic (exact) mass is 359 g/mol. The number of aromatic nitrogens is 1. The molecule has 1 spiro atoms. The molecule has 1 aromatic heterocycles. The number of nitro groups is 1. The van der Waals surface area contributed by atoms with Crippen LogP contribution in [0.15, 0.2) is 24.4 Å². The molecule has 140 valence electrons. The molecule has 0 unspecified atom stereocenters. The van der Waals surface area contributed by atoms with Crippen molar-refractivity contribution >= 4 is 11.4 Å². The molecule has 1 saturated heterocycles. The first-order valence-electron chi connectivity index (χ1n) is 9.44. The topological polar surface area (TPSA) is 77.7 Å². The lowest BCUT2D eigenvalue weighted by molar-refractivity contribution is -0.389. The second kappa shape index (κ2) is 7.42. The van der Waals surface area contributed by atoms with Crippen LogP contribution in [0.2, 0.25) is 0 Å². The Kier molecular flexibility index (Phi) is 5.02. The fraction of sp³-hybridized carbons (Fsp3) is 0.632. The maximum Gasteiger partial charge on any atom is 0.363 e. The van der Waals surface area contributed by atoms with Crippen LogP contribution in [0.25, 0.3) is 5.57 Å². The Hall–Kier alpha value is -1.83. The molecule has 1 saturated carbocycles. The average Bonchev–Trinajstić information content (AvgIpc) is 3.13. The Morgan fingerprint density at radius 1 is 1.27 bits per heavy atom. The van der Waals surface area contributed by atoms with E-state index >= 15 is 0 Å². The van der Waals surface area contributed by atoms with E-state index in [-0.39, 0.29) is 11.6 Å². The van der Waals surface area contributed by atoms with Crippen LogP contribution in [0.1, 0.15) is 37.7 Å². The SMILES string of the molecule is O=[N+]([O-])c1ccc(C2=CCN(CC3CCC4(CC3)OCCO4)CC2)cn1. The molecule has 2 fully saturated rings. The standard InChI is InChI=1S/C19H25N3O4/c23-22(24)18-2-1-17(13-20-18)16-5-9-21(10-6-16)14-15-3-7-19(8-4-15)25-11-12-26-19/h1-2,5,13,15H,3-4,6-12,14H2. The van der Waals surface area contributed by atoms with E-state index < -0.39 is 4.92 Å². The molecule has 3 aliphatic rings. The lowest BCUT2D eigenvalue weighted by Crippen LogP contribution is -2.39. The van der Waals surface area contributed by atoms with Gasteiger partial charge in [0.05, 0.1) is 13.2 Å². The third-order valence-corrected chi connectivity index (χ3v) is 5.80. The molecule has 26 heavy (non-hydrogen) atoms. The lowest BCUT2D eigenvalue weighted by Gasteiger charge is -2.38. The average molecular weight is 359 g/mol. The van der Waals surface area contributed by atoms with Gasteiger partial charge in [0, 0.05) is 44.1 Å². The fourth-order valence-corrected chi connectivity index (χ4v) is 4.27. The van der Waals surface area contributed by atoms with Crippen molar-refractivity contribution in [3.63, 3.8) is 0 Å². The molecule has 2 aliphatic heterocycles. The van der Waals surface area contributed by atoms with Crippen molar-refractivity contribution < 1.29 is 14.4 Å². The third-order valence-electron chi connectivity index (χ3n) is 5.80. The van der Waals surface area contributed by atoms with Gasteiger partial charge in [0.25, 0.3) is 0 Å². The van der Waals surface area contributed by atoms with Gasteiger partial charge in [-0.1, -0.05) is 6.08 Å². The van der Waals surface area contributed by atoms with Crippen molar-refractivity contribution in [3.05, 3.63) is 40.1 Å². The molecule has 0 N–H and O–H groups in total. The molecule has 0 amide bonds. The molecular formula is C19H25N3O4. The van der Waals surface area contributed by atoms with Gasteiger partial charge in [-0.2, -0.15) is 0 Å². The molecule has 1 aliphatic carbocycles. The van der Waals surface area contributed by atoms with Crippen LogP contribution in [0.3, 0.4) is 0 Å². The summed E-state index contributed by atoms with van der Waals surface area (Å²) in [7, 11) is 0. The second-order valence-corrected chi connectivity index (χ2v) is 7.45. The van der Waals surface area contributed by atoms with Crippen molar-refractivity contribution in [1.29, 1.82) is 0 Å². The minimum atomic E-state index is -0.462. The highest BCUT2D eigenvalue weighted by Crippen LogP contribution is 2.38. The minimum absolute atomic E-state index is 0.0999. The molecule has 0 atom stereocenters. The molecule has 3 heterocycles. The lowest BCUT2D eigenvalue weighted by atomic mass is 9.84. The van der Waals surface area contributed by atoms with Gasteiger partial charge in [0.15, 0.2) is 5.79 Å². The van der Waals surface area contributed by atoms with E-state index in [1.54, 1.807) is 12.3 Å². The van der Waals surface area contributed by atoms with E-state index in [0.717, 1.165) is 57.7 Å².